The summed E-state index contributed by atoms with van der Waals surface area (Å²) >= 11 is 11.4. The molecule has 2 heterocycles. The lowest BCUT2D eigenvalue weighted by atomic mass is 9.96. The molecule has 5 rings (SSSR count). The van der Waals surface area contributed by atoms with Crippen molar-refractivity contribution < 1.29 is 19.0 Å². The van der Waals surface area contributed by atoms with E-state index in [2.05, 4.69) is 20.9 Å². The van der Waals surface area contributed by atoms with Crippen LogP contribution in [0.1, 0.15) is 36.6 Å². The fourth-order valence-corrected chi connectivity index (χ4v) is 6.39. The number of allylic oxidation sites excluding steroid dienone is 1. The molecule has 0 amide bonds. The number of ether oxygens (including phenoxy) is 3. The molecule has 0 N–H and O–H groups in total. The topological polar surface area (TPSA) is 79.1 Å². The standard InChI is InChI=1S/C31H26BrClN2O5S/c1-4-39-30(37)26-18(2)34-31-35(27(26)22-12-8-9-13-23(22)33)29(36)25(41-31)15-20-14-21(32)16-24(38-3)28(20)40-17-19-10-6-5-7-11-19/h5-16,27H,4,17H2,1-3H3/b25-15-/t27-/m0/s1. The van der Waals surface area contributed by atoms with E-state index in [4.69, 9.17) is 25.8 Å². The molecule has 10 heteroatoms. The van der Waals surface area contributed by atoms with Gasteiger partial charge in [-0.25, -0.2) is 9.79 Å². The van der Waals surface area contributed by atoms with E-state index in [0.29, 0.717) is 49.3 Å². The summed E-state index contributed by atoms with van der Waals surface area (Å²) in [4.78, 5) is 32.3. The number of aromatic nitrogens is 1. The summed E-state index contributed by atoms with van der Waals surface area (Å²) in [6.07, 6.45) is 1.75. The summed E-state index contributed by atoms with van der Waals surface area (Å²) in [6.45, 7) is 3.97. The average molecular weight is 654 g/mol. The first-order valence-corrected chi connectivity index (χ1v) is 14.8. The van der Waals surface area contributed by atoms with Gasteiger partial charge in [0.05, 0.1) is 29.5 Å². The van der Waals surface area contributed by atoms with Crippen molar-refractivity contribution >= 4 is 50.9 Å². The van der Waals surface area contributed by atoms with Crippen molar-refractivity contribution in [2.75, 3.05) is 13.7 Å². The van der Waals surface area contributed by atoms with Crippen LogP contribution in [-0.4, -0.2) is 24.3 Å². The van der Waals surface area contributed by atoms with Crippen LogP contribution in [0.5, 0.6) is 11.5 Å². The molecule has 1 aliphatic rings. The number of carbonyl (C=O) groups is 1. The number of fused-ring (bicyclic) bond motifs is 1. The van der Waals surface area contributed by atoms with Crippen LogP contribution in [0, 0.1) is 0 Å². The van der Waals surface area contributed by atoms with E-state index >= 15 is 0 Å². The van der Waals surface area contributed by atoms with Crippen LogP contribution in [-0.2, 0) is 16.1 Å². The van der Waals surface area contributed by atoms with E-state index in [1.54, 1.807) is 45.2 Å². The smallest absolute Gasteiger partial charge is 0.338 e. The maximum atomic E-state index is 14.1. The number of nitrogens with zero attached hydrogens (tertiary/aromatic N) is 2. The molecule has 0 aliphatic carbocycles. The van der Waals surface area contributed by atoms with Gasteiger partial charge in [0, 0.05) is 15.1 Å². The second kappa shape index (κ2) is 12.5. The number of halogens is 2. The fourth-order valence-electron chi connectivity index (χ4n) is 4.66. The lowest BCUT2D eigenvalue weighted by molar-refractivity contribution is -0.139. The van der Waals surface area contributed by atoms with Crippen molar-refractivity contribution in [2.24, 2.45) is 4.99 Å². The number of esters is 1. The molecule has 1 atom stereocenters. The highest BCUT2D eigenvalue weighted by atomic mass is 79.9. The fraction of sp³-hybridized carbons (Fsp3) is 0.194. The molecule has 210 valence electrons. The van der Waals surface area contributed by atoms with Gasteiger partial charge in [0.1, 0.15) is 12.6 Å². The Hall–Kier alpha value is -3.66. The third kappa shape index (κ3) is 5.88. The second-order valence-corrected chi connectivity index (χ2v) is 11.5. The second-order valence-electron chi connectivity index (χ2n) is 9.12. The van der Waals surface area contributed by atoms with Crippen LogP contribution in [0.25, 0.3) is 6.08 Å². The lowest BCUT2D eigenvalue weighted by Crippen LogP contribution is -2.40. The molecule has 1 aliphatic heterocycles. The zero-order valence-corrected chi connectivity index (χ0v) is 25.7. The minimum Gasteiger partial charge on any atom is -0.493 e. The summed E-state index contributed by atoms with van der Waals surface area (Å²) in [5.41, 5.74) is 2.67. The van der Waals surface area contributed by atoms with Gasteiger partial charge < -0.3 is 14.2 Å². The highest BCUT2D eigenvalue weighted by Crippen LogP contribution is 2.37. The monoisotopic (exact) mass is 652 g/mol. The first kappa shape index (κ1) is 28.9. The van der Waals surface area contributed by atoms with Gasteiger partial charge in [0.2, 0.25) is 0 Å². The van der Waals surface area contributed by atoms with Crippen molar-refractivity contribution in [1.29, 1.82) is 0 Å². The van der Waals surface area contributed by atoms with Crippen LogP contribution >= 0.6 is 38.9 Å². The van der Waals surface area contributed by atoms with E-state index in [0.717, 1.165) is 10.0 Å². The van der Waals surface area contributed by atoms with Crippen LogP contribution in [0.15, 0.2) is 92.3 Å². The minimum absolute atomic E-state index is 0.186. The number of rotatable bonds is 8. The largest absolute Gasteiger partial charge is 0.493 e. The van der Waals surface area contributed by atoms with Crippen molar-refractivity contribution in [3.63, 3.8) is 0 Å². The van der Waals surface area contributed by atoms with Crippen molar-refractivity contribution in [2.45, 2.75) is 26.5 Å². The summed E-state index contributed by atoms with van der Waals surface area (Å²) in [5, 5.41) is 0.428. The zero-order valence-electron chi connectivity index (χ0n) is 22.5. The molecule has 0 unspecified atom stereocenters. The van der Waals surface area contributed by atoms with E-state index < -0.39 is 12.0 Å². The van der Waals surface area contributed by atoms with Gasteiger partial charge in [-0.15, -0.1) is 0 Å². The predicted molar refractivity (Wildman–Crippen MR) is 163 cm³/mol. The van der Waals surface area contributed by atoms with Crippen LogP contribution in [0.2, 0.25) is 5.02 Å². The Morgan fingerprint density at radius 1 is 1.15 bits per heavy atom. The molecule has 1 aromatic heterocycles. The summed E-state index contributed by atoms with van der Waals surface area (Å²) in [6, 6.07) is 19.8. The van der Waals surface area contributed by atoms with Gasteiger partial charge in [-0.1, -0.05) is 87.4 Å². The van der Waals surface area contributed by atoms with Crippen LogP contribution < -0.4 is 24.4 Å². The minimum atomic E-state index is -0.799. The van der Waals surface area contributed by atoms with Gasteiger partial charge >= 0.3 is 5.97 Å². The van der Waals surface area contributed by atoms with Crippen LogP contribution in [0.4, 0.5) is 0 Å². The number of methoxy groups -OCH3 is 1. The Morgan fingerprint density at radius 3 is 2.59 bits per heavy atom. The highest BCUT2D eigenvalue weighted by Gasteiger charge is 2.34. The molecule has 0 saturated carbocycles. The third-order valence-corrected chi connectivity index (χ3v) is 8.28. The molecule has 0 radical (unpaired) electrons. The lowest BCUT2D eigenvalue weighted by Gasteiger charge is -2.25. The van der Waals surface area contributed by atoms with Gasteiger partial charge in [0.25, 0.3) is 5.56 Å². The molecular formula is C31H26BrClN2O5S. The maximum absolute atomic E-state index is 14.1. The Kier molecular flexibility index (Phi) is 8.77. The normalized spacial score (nSPS) is 14.9. The van der Waals surface area contributed by atoms with Crippen LogP contribution in [0.3, 0.4) is 0 Å². The molecule has 41 heavy (non-hydrogen) atoms. The molecule has 3 aromatic carbocycles. The molecular weight excluding hydrogens is 628 g/mol. The van der Waals surface area contributed by atoms with E-state index in [1.165, 1.54) is 15.9 Å². The first-order chi connectivity index (χ1) is 19.8. The molecule has 0 fully saturated rings. The number of hydrogen-bond acceptors (Lipinski definition) is 7. The Labute approximate surface area is 254 Å². The Bertz CT molecular complexity index is 1830. The zero-order chi connectivity index (χ0) is 29.1. The van der Waals surface area contributed by atoms with Crippen molar-refractivity contribution in [1.82, 2.24) is 4.57 Å². The quantitative estimate of drug-likeness (QED) is 0.225. The molecule has 4 aromatic rings. The Balaban J connectivity index is 1.69. The summed E-state index contributed by atoms with van der Waals surface area (Å²) < 4.78 is 19.9. The summed E-state index contributed by atoms with van der Waals surface area (Å²) in [7, 11) is 1.57. The van der Waals surface area contributed by atoms with Gasteiger partial charge in [-0.3, -0.25) is 9.36 Å². The number of carbonyl (C=O) groups excluding carboxylic acids is 1. The highest BCUT2D eigenvalue weighted by molar-refractivity contribution is 9.10. The predicted octanol–water partition coefficient (Wildman–Crippen LogP) is 5.80. The van der Waals surface area contributed by atoms with E-state index in [1.807, 2.05) is 48.5 Å². The van der Waals surface area contributed by atoms with Gasteiger partial charge in [-0.2, -0.15) is 0 Å². The molecule has 0 bridgehead atoms. The van der Waals surface area contributed by atoms with E-state index in [9.17, 15) is 9.59 Å². The van der Waals surface area contributed by atoms with Crippen molar-refractivity contribution in [3.8, 4) is 11.5 Å². The Morgan fingerprint density at radius 2 is 1.88 bits per heavy atom. The number of hydrogen-bond donors (Lipinski definition) is 0. The molecule has 0 spiro atoms. The number of thiazole rings is 1. The summed E-state index contributed by atoms with van der Waals surface area (Å²) in [5.74, 6) is 0.474. The van der Waals surface area contributed by atoms with E-state index in [-0.39, 0.29) is 17.7 Å². The third-order valence-electron chi connectivity index (χ3n) is 6.50. The SMILES string of the molecule is CCOC(=O)C1=C(C)N=c2s/c(=C\c3cc(Br)cc(OC)c3OCc3ccccc3)c(=O)n2[C@H]1c1ccccc1Cl. The van der Waals surface area contributed by atoms with Gasteiger partial charge in [0.15, 0.2) is 16.3 Å². The van der Waals surface area contributed by atoms with Crippen molar-refractivity contribution in [3.05, 3.63) is 124 Å². The number of benzene rings is 3. The molecule has 0 saturated heterocycles. The average Bonchev–Trinajstić information content (AvgIpc) is 3.26. The van der Waals surface area contributed by atoms with Gasteiger partial charge in [-0.05, 0) is 49.2 Å². The first-order valence-electron chi connectivity index (χ1n) is 12.8. The molecule has 7 nitrogen and oxygen atoms in total. The maximum Gasteiger partial charge on any atom is 0.338 e.